The van der Waals surface area contributed by atoms with Crippen LogP contribution in [0.5, 0.6) is 0 Å². The first kappa shape index (κ1) is 14.5. The highest BCUT2D eigenvalue weighted by Crippen LogP contribution is 2.67. The number of carbonyl (C=O) groups is 1. The molecule has 17 heavy (non-hydrogen) atoms. The molecule has 0 saturated heterocycles. The minimum absolute atomic E-state index is 0.0153. The van der Waals surface area contributed by atoms with Gasteiger partial charge >= 0.3 is 0 Å². The van der Waals surface area contributed by atoms with E-state index in [9.17, 15) is 4.79 Å². The maximum Gasteiger partial charge on any atom is 0.246 e. The molecule has 1 aliphatic rings. The minimum atomic E-state index is -0.255. The lowest BCUT2D eigenvalue weighted by Gasteiger charge is -2.19. The Labute approximate surface area is 105 Å². The van der Waals surface area contributed by atoms with Crippen LogP contribution in [-0.4, -0.2) is 24.7 Å². The highest BCUT2D eigenvalue weighted by molar-refractivity contribution is 5.77. The molecule has 0 atom stereocenters. The van der Waals surface area contributed by atoms with Gasteiger partial charge in [0.05, 0.1) is 5.60 Å². The van der Waals surface area contributed by atoms with Crippen LogP contribution < -0.4 is 5.32 Å². The van der Waals surface area contributed by atoms with Crippen molar-refractivity contribution < 1.29 is 9.53 Å². The fourth-order valence-corrected chi connectivity index (χ4v) is 2.39. The number of rotatable bonds is 4. The molecule has 1 rings (SSSR count). The zero-order valence-corrected chi connectivity index (χ0v) is 12.3. The van der Waals surface area contributed by atoms with E-state index in [0.29, 0.717) is 16.7 Å². The summed E-state index contributed by atoms with van der Waals surface area (Å²) >= 11 is 0. The molecule has 0 unspecified atom stereocenters. The molecule has 0 bridgehead atoms. The molecule has 3 nitrogen and oxygen atoms in total. The summed E-state index contributed by atoms with van der Waals surface area (Å²) < 4.78 is 5.44. The maximum atomic E-state index is 11.6. The third-order valence-corrected chi connectivity index (χ3v) is 4.46. The number of hydrogen-bond donors (Lipinski definition) is 1. The number of hydrogen-bond acceptors (Lipinski definition) is 2. The van der Waals surface area contributed by atoms with Crippen LogP contribution in [0.15, 0.2) is 0 Å². The Morgan fingerprint density at radius 1 is 1.18 bits per heavy atom. The van der Waals surface area contributed by atoms with Crippen LogP contribution in [0.3, 0.4) is 0 Å². The van der Waals surface area contributed by atoms with E-state index < -0.39 is 0 Å². The third kappa shape index (κ3) is 3.21. The molecule has 1 amide bonds. The van der Waals surface area contributed by atoms with Gasteiger partial charge in [-0.05, 0) is 37.5 Å². The smallest absolute Gasteiger partial charge is 0.246 e. The van der Waals surface area contributed by atoms with Gasteiger partial charge in [0, 0.05) is 6.54 Å². The van der Waals surface area contributed by atoms with Crippen molar-refractivity contribution in [3.05, 3.63) is 0 Å². The van der Waals surface area contributed by atoms with Gasteiger partial charge in [-0.15, -0.1) is 0 Å². The van der Waals surface area contributed by atoms with Crippen LogP contribution in [-0.2, 0) is 9.53 Å². The SMILES string of the molecule is CC(C)(C)OCC(=O)NCC1C(C)(C)C1(C)C. The van der Waals surface area contributed by atoms with Gasteiger partial charge in [-0.3, -0.25) is 4.79 Å². The fraction of sp³-hybridized carbons (Fsp3) is 0.929. The summed E-state index contributed by atoms with van der Waals surface area (Å²) in [4.78, 5) is 11.6. The van der Waals surface area contributed by atoms with Crippen molar-refractivity contribution in [2.45, 2.75) is 54.1 Å². The van der Waals surface area contributed by atoms with E-state index in [2.05, 4.69) is 33.0 Å². The van der Waals surface area contributed by atoms with Crippen LogP contribution in [0.25, 0.3) is 0 Å². The Balaban J connectivity index is 2.27. The number of amides is 1. The van der Waals surface area contributed by atoms with E-state index in [1.165, 1.54) is 0 Å². The fourth-order valence-electron chi connectivity index (χ4n) is 2.39. The summed E-state index contributed by atoms with van der Waals surface area (Å²) in [5, 5.41) is 2.96. The summed E-state index contributed by atoms with van der Waals surface area (Å²) in [6.45, 7) is 15.8. The predicted molar refractivity (Wildman–Crippen MR) is 69.8 cm³/mol. The molecule has 0 aromatic carbocycles. The molecular weight excluding hydrogens is 214 g/mol. The average Bonchev–Trinajstić information content (AvgIpc) is 2.50. The van der Waals surface area contributed by atoms with Gasteiger partial charge in [0.2, 0.25) is 5.91 Å². The van der Waals surface area contributed by atoms with E-state index in [4.69, 9.17) is 4.74 Å². The molecule has 0 aliphatic heterocycles. The lowest BCUT2D eigenvalue weighted by atomic mass is 10.0. The lowest BCUT2D eigenvalue weighted by molar-refractivity contribution is -0.130. The monoisotopic (exact) mass is 241 g/mol. The zero-order chi connectivity index (χ0) is 13.5. The molecule has 0 spiro atoms. The molecule has 1 aliphatic carbocycles. The Hall–Kier alpha value is -0.570. The van der Waals surface area contributed by atoms with E-state index in [0.717, 1.165) is 6.54 Å². The standard InChI is InChI=1S/C14H27NO2/c1-12(2,3)17-9-11(16)15-8-10-13(4,5)14(10,6)7/h10H,8-9H2,1-7H3,(H,15,16). The lowest BCUT2D eigenvalue weighted by Crippen LogP contribution is -2.33. The van der Waals surface area contributed by atoms with Crippen LogP contribution in [0, 0.1) is 16.7 Å². The van der Waals surface area contributed by atoms with Gasteiger partial charge in [0.1, 0.15) is 6.61 Å². The second-order valence-corrected chi connectivity index (χ2v) is 7.20. The molecule has 100 valence electrons. The number of ether oxygens (including phenoxy) is 1. The molecular formula is C14H27NO2. The first-order valence-corrected chi connectivity index (χ1v) is 6.39. The van der Waals surface area contributed by atoms with Crippen LogP contribution in [0.4, 0.5) is 0 Å². The second kappa shape index (κ2) is 4.27. The van der Waals surface area contributed by atoms with Crippen molar-refractivity contribution in [2.75, 3.05) is 13.2 Å². The Morgan fingerprint density at radius 3 is 2.00 bits per heavy atom. The Morgan fingerprint density at radius 2 is 1.65 bits per heavy atom. The molecule has 0 aromatic rings. The Kier molecular flexibility index (Phi) is 3.64. The van der Waals surface area contributed by atoms with Crippen molar-refractivity contribution in [2.24, 2.45) is 16.7 Å². The number of nitrogens with one attached hydrogen (secondary N) is 1. The van der Waals surface area contributed by atoms with Crippen molar-refractivity contribution in [3.63, 3.8) is 0 Å². The highest BCUT2D eigenvalue weighted by Gasteiger charge is 2.64. The predicted octanol–water partition coefficient (Wildman–Crippen LogP) is 2.60. The van der Waals surface area contributed by atoms with Crippen molar-refractivity contribution in [1.82, 2.24) is 5.32 Å². The van der Waals surface area contributed by atoms with Gasteiger partial charge in [-0.25, -0.2) is 0 Å². The van der Waals surface area contributed by atoms with E-state index in [1.54, 1.807) is 0 Å². The zero-order valence-electron chi connectivity index (χ0n) is 12.3. The van der Waals surface area contributed by atoms with E-state index in [-0.39, 0.29) is 18.1 Å². The summed E-state index contributed by atoms with van der Waals surface area (Å²) in [5.74, 6) is 0.548. The summed E-state index contributed by atoms with van der Waals surface area (Å²) in [6.07, 6.45) is 0. The largest absolute Gasteiger partial charge is 0.366 e. The van der Waals surface area contributed by atoms with Crippen LogP contribution in [0.1, 0.15) is 48.5 Å². The maximum absolute atomic E-state index is 11.6. The molecule has 0 radical (unpaired) electrons. The van der Waals surface area contributed by atoms with Gasteiger partial charge in [-0.2, -0.15) is 0 Å². The molecule has 0 heterocycles. The minimum Gasteiger partial charge on any atom is -0.366 e. The van der Waals surface area contributed by atoms with Crippen molar-refractivity contribution in [3.8, 4) is 0 Å². The van der Waals surface area contributed by atoms with Gasteiger partial charge in [0.15, 0.2) is 0 Å². The molecule has 0 aromatic heterocycles. The van der Waals surface area contributed by atoms with Crippen LogP contribution >= 0.6 is 0 Å². The molecule has 1 N–H and O–H groups in total. The first-order valence-electron chi connectivity index (χ1n) is 6.39. The number of carbonyl (C=O) groups excluding carboxylic acids is 1. The van der Waals surface area contributed by atoms with Crippen molar-refractivity contribution >= 4 is 5.91 Å². The van der Waals surface area contributed by atoms with Gasteiger partial charge in [0.25, 0.3) is 0 Å². The quantitative estimate of drug-likeness (QED) is 0.821. The third-order valence-electron chi connectivity index (χ3n) is 4.46. The van der Waals surface area contributed by atoms with Gasteiger partial charge < -0.3 is 10.1 Å². The molecule has 1 saturated carbocycles. The normalized spacial score (nSPS) is 22.3. The summed E-state index contributed by atoms with van der Waals surface area (Å²) in [5.41, 5.74) is 0.395. The molecule has 3 heteroatoms. The highest BCUT2D eigenvalue weighted by atomic mass is 16.5. The first-order chi connectivity index (χ1) is 7.48. The Bertz CT molecular complexity index is 286. The topological polar surface area (TPSA) is 38.3 Å². The molecule has 1 fully saturated rings. The summed E-state index contributed by atoms with van der Waals surface area (Å²) in [7, 11) is 0. The van der Waals surface area contributed by atoms with Crippen molar-refractivity contribution in [1.29, 1.82) is 0 Å². The summed E-state index contributed by atoms with van der Waals surface area (Å²) in [6, 6.07) is 0. The van der Waals surface area contributed by atoms with E-state index in [1.807, 2.05) is 20.8 Å². The second-order valence-electron chi connectivity index (χ2n) is 7.20. The van der Waals surface area contributed by atoms with E-state index >= 15 is 0 Å². The van der Waals surface area contributed by atoms with Gasteiger partial charge in [-0.1, -0.05) is 27.7 Å². The van der Waals surface area contributed by atoms with Crippen LogP contribution in [0.2, 0.25) is 0 Å². The average molecular weight is 241 g/mol.